The molecule has 160 valence electrons. The Balaban J connectivity index is 1.92. The standard InChI is InChI=1S/C23H29N3O3S/c1-5-6-11-24-22(27)19-14-21(26(16(19)2)12-13-28-3)20-15-30-23(25-20)17-7-9-18(29-4)10-8-17/h7-10,14-15H,5-6,11-13H2,1-4H3,(H,24,27). The number of hydrogen-bond donors (Lipinski definition) is 1. The Morgan fingerprint density at radius 2 is 2.00 bits per heavy atom. The second-order valence-corrected chi connectivity index (χ2v) is 7.91. The minimum atomic E-state index is -0.0380. The molecule has 6 nitrogen and oxygen atoms in total. The molecule has 30 heavy (non-hydrogen) atoms. The Bertz CT molecular complexity index is 976. The summed E-state index contributed by atoms with van der Waals surface area (Å²) in [4.78, 5) is 17.6. The Kier molecular flexibility index (Phi) is 7.65. The van der Waals surface area contributed by atoms with Crippen molar-refractivity contribution in [2.24, 2.45) is 0 Å². The molecule has 0 saturated heterocycles. The van der Waals surface area contributed by atoms with E-state index in [1.54, 1.807) is 25.6 Å². The summed E-state index contributed by atoms with van der Waals surface area (Å²) in [6, 6.07) is 9.81. The average molecular weight is 428 g/mol. The van der Waals surface area contributed by atoms with Crippen LogP contribution in [0.5, 0.6) is 5.75 Å². The van der Waals surface area contributed by atoms with Crippen molar-refractivity contribution in [2.75, 3.05) is 27.4 Å². The highest BCUT2D eigenvalue weighted by molar-refractivity contribution is 7.13. The maximum atomic E-state index is 12.7. The van der Waals surface area contributed by atoms with Gasteiger partial charge in [-0.05, 0) is 43.7 Å². The molecule has 0 atom stereocenters. The lowest BCUT2D eigenvalue weighted by Gasteiger charge is -2.10. The van der Waals surface area contributed by atoms with Crippen LogP contribution in [0.25, 0.3) is 22.0 Å². The van der Waals surface area contributed by atoms with Gasteiger partial charge in [-0.25, -0.2) is 4.98 Å². The quantitative estimate of drug-likeness (QED) is 0.473. The van der Waals surface area contributed by atoms with E-state index in [2.05, 4.69) is 16.8 Å². The highest BCUT2D eigenvalue weighted by Crippen LogP contribution is 2.32. The number of methoxy groups -OCH3 is 2. The molecule has 0 aliphatic carbocycles. The molecule has 0 aliphatic rings. The number of hydrogen-bond acceptors (Lipinski definition) is 5. The number of thiazole rings is 1. The van der Waals surface area contributed by atoms with Crippen LogP contribution in [0.4, 0.5) is 0 Å². The van der Waals surface area contributed by atoms with Crippen LogP contribution in [0.1, 0.15) is 35.8 Å². The highest BCUT2D eigenvalue weighted by Gasteiger charge is 2.20. The normalized spacial score (nSPS) is 10.9. The third kappa shape index (κ3) is 4.91. The number of aromatic nitrogens is 2. The molecule has 0 bridgehead atoms. The third-order valence-electron chi connectivity index (χ3n) is 5.05. The summed E-state index contributed by atoms with van der Waals surface area (Å²) in [5, 5.41) is 5.98. The first-order valence-corrected chi connectivity index (χ1v) is 11.0. The van der Waals surface area contributed by atoms with Gasteiger partial charge < -0.3 is 19.4 Å². The van der Waals surface area contributed by atoms with Crippen molar-refractivity contribution in [3.8, 4) is 27.7 Å². The number of amides is 1. The van der Waals surface area contributed by atoms with Gasteiger partial charge in [-0.1, -0.05) is 13.3 Å². The van der Waals surface area contributed by atoms with Crippen LogP contribution in [-0.2, 0) is 11.3 Å². The Hall–Kier alpha value is -2.64. The molecule has 1 N–H and O–H groups in total. The van der Waals surface area contributed by atoms with Gasteiger partial charge in [0.1, 0.15) is 10.8 Å². The van der Waals surface area contributed by atoms with Crippen LogP contribution in [0.3, 0.4) is 0 Å². The second kappa shape index (κ2) is 10.4. The second-order valence-electron chi connectivity index (χ2n) is 7.05. The first kappa shape index (κ1) is 22.1. The van der Waals surface area contributed by atoms with Crippen molar-refractivity contribution in [1.29, 1.82) is 0 Å². The fourth-order valence-electron chi connectivity index (χ4n) is 3.29. The maximum absolute atomic E-state index is 12.7. The van der Waals surface area contributed by atoms with Crippen molar-refractivity contribution in [1.82, 2.24) is 14.9 Å². The number of nitrogens with one attached hydrogen (secondary N) is 1. The number of rotatable bonds is 10. The first-order chi connectivity index (χ1) is 14.6. The molecule has 0 fully saturated rings. The zero-order chi connectivity index (χ0) is 21.5. The molecule has 2 heterocycles. The van der Waals surface area contributed by atoms with E-state index in [1.165, 1.54) is 0 Å². The lowest BCUT2D eigenvalue weighted by Crippen LogP contribution is -2.24. The zero-order valence-corrected chi connectivity index (χ0v) is 18.8. The van der Waals surface area contributed by atoms with Crippen LogP contribution >= 0.6 is 11.3 Å². The number of carbonyl (C=O) groups excluding carboxylic acids is 1. The van der Waals surface area contributed by atoms with Crippen molar-refractivity contribution >= 4 is 17.2 Å². The van der Waals surface area contributed by atoms with Crippen molar-refractivity contribution < 1.29 is 14.3 Å². The summed E-state index contributed by atoms with van der Waals surface area (Å²) >= 11 is 1.59. The first-order valence-electron chi connectivity index (χ1n) is 10.2. The van der Waals surface area contributed by atoms with Crippen molar-refractivity contribution in [2.45, 2.75) is 33.2 Å². The highest BCUT2D eigenvalue weighted by atomic mass is 32.1. The molecule has 1 amide bonds. The fraction of sp³-hybridized carbons (Fsp3) is 0.391. The predicted octanol–water partition coefficient (Wildman–Crippen LogP) is 4.77. The Morgan fingerprint density at radius 1 is 1.23 bits per heavy atom. The number of carbonyl (C=O) groups is 1. The summed E-state index contributed by atoms with van der Waals surface area (Å²) in [5.74, 6) is 0.780. The van der Waals surface area contributed by atoms with Gasteiger partial charge in [-0.2, -0.15) is 0 Å². The summed E-state index contributed by atoms with van der Waals surface area (Å²) < 4.78 is 12.6. The molecule has 0 unspecified atom stereocenters. The number of ether oxygens (including phenoxy) is 2. The van der Waals surface area contributed by atoms with Crippen LogP contribution in [0, 0.1) is 6.92 Å². The lowest BCUT2D eigenvalue weighted by atomic mass is 10.2. The summed E-state index contributed by atoms with van der Waals surface area (Å²) in [6.07, 6.45) is 2.02. The van der Waals surface area contributed by atoms with Gasteiger partial charge in [0.25, 0.3) is 5.91 Å². The third-order valence-corrected chi connectivity index (χ3v) is 5.94. The smallest absolute Gasteiger partial charge is 0.253 e. The van der Waals surface area contributed by atoms with Gasteiger partial charge >= 0.3 is 0 Å². The molecular weight excluding hydrogens is 398 g/mol. The van der Waals surface area contributed by atoms with E-state index in [4.69, 9.17) is 14.5 Å². The van der Waals surface area contributed by atoms with Gasteiger partial charge in [-0.3, -0.25) is 4.79 Å². The molecule has 2 aromatic heterocycles. The topological polar surface area (TPSA) is 65.4 Å². The van der Waals surface area contributed by atoms with Crippen LogP contribution in [0.2, 0.25) is 0 Å². The summed E-state index contributed by atoms with van der Waals surface area (Å²) in [6.45, 7) is 6.00. The molecule has 0 saturated carbocycles. The van der Waals surface area contributed by atoms with Gasteiger partial charge in [-0.15, -0.1) is 11.3 Å². The Morgan fingerprint density at radius 3 is 2.67 bits per heavy atom. The minimum absolute atomic E-state index is 0.0380. The van der Waals surface area contributed by atoms with Gasteiger partial charge in [0.2, 0.25) is 0 Å². The van der Waals surface area contributed by atoms with Crippen LogP contribution in [0.15, 0.2) is 35.7 Å². The van der Waals surface area contributed by atoms with Gasteiger partial charge in [0.05, 0.1) is 30.7 Å². The molecule has 3 rings (SSSR count). The van der Waals surface area contributed by atoms with Crippen LogP contribution < -0.4 is 10.1 Å². The van der Waals surface area contributed by atoms with Crippen molar-refractivity contribution in [3.05, 3.63) is 47.0 Å². The van der Waals surface area contributed by atoms with E-state index in [9.17, 15) is 4.79 Å². The number of nitrogens with zero attached hydrogens (tertiary/aromatic N) is 2. The summed E-state index contributed by atoms with van der Waals surface area (Å²) in [7, 11) is 3.34. The molecule has 7 heteroatoms. The van der Waals surface area contributed by atoms with Crippen molar-refractivity contribution in [3.63, 3.8) is 0 Å². The van der Waals surface area contributed by atoms with E-state index in [0.717, 1.165) is 46.2 Å². The lowest BCUT2D eigenvalue weighted by molar-refractivity contribution is 0.0952. The monoisotopic (exact) mass is 427 g/mol. The molecule has 0 radical (unpaired) electrons. The fourth-order valence-corrected chi connectivity index (χ4v) is 4.11. The molecular formula is C23H29N3O3S. The largest absolute Gasteiger partial charge is 0.497 e. The van der Waals surface area contributed by atoms with E-state index in [0.29, 0.717) is 25.3 Å². The predicted molar refractivity (Wildman–Crippen MR) is 121 cm³/mol. The molecule has 0 aliphatic heterocycles. The molecule has 3 aromatic rings. The van der Waals surface area contributed by atoms with E-state index in [-0.39, 0.29) is 5.91 Å². The SMILES string of the molecule is CCCCNC(=O)c1cc(-c2csc(-c3ccc(OC)cc3)n2)n(CCOC)c1C. The van der Waals surface area contributed by atoms with E-state index < -0.39 is 0 Å². The van der Waals surface area contributed by atoms with Crippen LogP contribution in [-0.4, -0.2) is 42.8 Å². The zero-order valence-electron chi connectivity index (χ0n) is 18.0. The van der Waals surface area contributed by atoms with E-state index in [1.807, 2.05) is 42.6 Å². The minimum Gasteiger partial charge on any atom is -0.497 e. The average Bonchev–Trinajstić information content (AvgIpc) is 3.37. The summed E-state index contributed by atoms with van der Waals surface area (Å²) in [5.41, 5.74) is 4.45. The van der Waals surface area contributed by atoms with Gasteiger partial charge in [0, 0.05) is 36.8 Å². The van der Waals surface area contributed by atoms with E-state index >= 15 is 0 Å². The maximum Gasteiger partial charge on any atom is 0.253 e. The molecule has 1 aromatic carbocycles. The van der Waals surface area contributed by atoms with Gasteiger partial charge in [0.15, 0.2) is 0 Å². The Labute approximate surface area is 181 Å². The molecule has 0 spiro atoms. The number of benzene rings is 1. The number of unbranched alkanes of at least 4 members (excludes halogenated alkanes) is 1.